The van der Waals surface area contributed by atoms with Crippen LogP contribution in [0.3, 0.4) is 0 Å². The van der Waals surface area contributed by atoms with Gasteiger partial charge >= 0.3 is 6.18 Å². The molecule has 1 aliphatic carbocycles. The molecule has 0 aromatic carbocycles. The van der Waals surface area contributed by atoms with Gasteiger partial charge in [0.15, 0.2) is 0 Å². The Morgan fingerprint density at radius 3 is 2.32 bits per heavy atom. The molecule has 0 saturated heterocycles. The summed E-state index contributed by atoms with van der Waals surface area (Å²) in [5.74, 6) is -2.31. The Bertz CT molecular complexity index is 489. The van der Waals surface area contributed by atoms with Crippen molar-refractivity contribution in [3.05, 3.63) is 21.9 Å². The van der Waals surface area contributed by atoms with E-state index in [0.717, 1.165) is 31.7 Å². The van der Waals surface area contributed by atoms with Crippen LogP contribution in [0.25, 0.3) is 0 Å². The fourth-order valence-corrected chi connectivity index (χ4v) is 2.92. The lowest BCUT2D eigenvalue weighted by Gasteiger charge is -2.10. The first kappa shape index (κ1) is 14.0. The third kappa shape index (κ3) is 3.34. The Morgan fingerprint density at radius 2 is 1.74 bits per heavy atom. The summed E-state index contributed by atoms with van der Waals surface area (Å²) in [4.78, 5) is 22.5. The van der Waals surface area contributed by atoms with Crippen molar-refractivity contribution in [2.45, 2.75) is 37.9 Å². The van der Waals surface area contributed by atoms with Crippen LogP contribution in [0.1, 0.15) is 45.0 Å². The van der Waals surface area contributed by atoms with Gasteiger partial charge in [0.1, 0.15) is 0 Å². The first-order valence-electron chi connectivity index (χ1n) is 5.90. The maximum absolute atomic E-state index is 12.2. The molecule has 1 aliphatic rings. The first-order chi connectivity index (χ1) is 8.88. The van der Waals surface area contributed by atoms with E-state index in [0.29, 0.717) is 11.3 Å². The van der Waals surface area contributed by atoms with E-state index in [1.54, 1.807) is 0 Å². The van der Waals surface area contributed by atoms with Crippen molar-refractivity contribution < 1.29 is 22.8 Å². The molecule has 2 rings (SSSR count). The molecule has 7 heteroatoms. The highest BCUT2D eigenvalue weighted by Crippen LogP contribution is 2.27. The molecule has 19 heavy (non-hydrogen) atoms. The number of nitrogens with one attached hydrogen (secondary N) is 1. The predicted molar refractivity (Wildman–Crippen MR) is 64.4 cm³/mol. The van der Waals surface area contributed by atoms with Gasteiger partial charge in [0.25, 0.3) is 11.7 Å². The summed E-state index contributed by atoms with van der Waals surface area (Å²) in [6, 6.07) is 2.40. The summed E-state index contributed by atoms with van der Waals surface area (Å²) in [6.07, 6.45) is -1.01. The van der Waals surface area contributed by atoms with Gasteiger partial charge in [0.05, 0.1) is 9.75 Å². The molecule has 3 nitrogen and oxygen atoms in total. The standard InChI is InChI=1S/C12H12F3NO2S/c13-12(14,15)10(17)8-5-6-9(19-8)11(18)16-7-3-1-2-4-7/h5-7H,1-4H2,(H,16,18). The van der Waals surface area contributed by atoms with Crippen LogP contribution in [0, 0.1) is 0 Å². The van der Waals surface area contributed by atoms with Crippen LogP contribution in [0.4, 0.5) is 13.2 Å². The van der Waals surface area contributed by atoms with Crippen molar-refractivity contribution in [2.75, 3.05) is 0 Å². The van der Waals surface area contributed by atoms with Crippen LogP contribution < -0.4 is 5.32 Å². The van der Waals surface area contributed by atoms with E-state index in [4.69, 9.17) is 0 Å². The summed E-state index contributed by atoms with van der Waals surface area (Å²) in [5.41, 5.74) is 0. The smallest absolute Gasteiger partial charge is 0.349 e. The van der Waals surface area contributed by atoms with Crippen molar-refractivity contribution in [3.63, 3.8) is 0 Å². The van der Waals surface area contributed by atoms with Gasteiger partial charge in [0, 0.05) is 6.04 Å². The first-order valence-corrected chi connectivity index (χ1v) is 6.72. The molecule has 1 amide bonds. The summed E-state index contributed by atoms with van der Waals surface area (Å²) in [7, 11) is 0. The minimum absolute atomic E-state index is 0.0939. The number of Topliss-reactive ketones (excluding diaryl/α,β-unsaturated/α-hetero) is 1. The quantitative estimate of drug-likeness (QED) is 0.869. The van der Waals surface area contributed by atoms with Crippen molar-refractivity contribution in [1.29, 1.82) is 0 Å². The average Bonchev–Trinajstić information content (AvgIpc) is 2.96. The van der Waals surface area contributed by atoms with Gasteiger partial charge in [-0.3, -0.25) is 9.59 Å². The van der Waals surface area contributed by atoms with Crippen LogP contribution in [0.2, 0.25) is 0 Å². The summed E-state index contributed by atoms with van der Waals surface area (Å²) in [5, 5.41) is 2.77. The van der Waals surface area contributed by atoms with Crippen molar-refractivity contribution in [2.24, 2.45) is 0 Å². The highest BCUT2D eigenvalue weighted by atomic mass is 32.1. The number of rotatable bonds is 3. The second-order valence-corrected chi connectivity index (χ2v) is 5.53. The van der Waals surface area contributed by atoms with Crippen molar-refractivity contribution >= 4 is 23.0 Å². The van der Waals surface area contributed by atoms with Crippen LogP contribution in [-0.4, -0.2) is 23.9 Å². The van der Waals surface area contributed by atoms with Crippen LogP contribution >= 0.6 is 11.3 Å². The molecule has 0 radical (unpaired) electrons. The van der Waals surface area contributed by atoms with Crippen LogP contribution in [0.15, 0.2) is 12.1 Å². The summed E-state index contributed by atoms with van der Waals surface area (Å²) >= 11 is 0.578. The number of hydrogen-bond donors (Lipinski definition) is 1. The van der Waals surface area contributed by atoms with E-state index in [2.05, 4.69) is 5.32 Å². The Morgan fingerprint density at radius 1 is 1.16 bits per heavy atom. The fraction of sp³-hybridized carbons (Fsp3) is 0.500. The number of carbonyl (C=O) groups excluding carboxylic acids is 2. The molecule has 1 aromatic rings. The Labute approximate surface area is 111 Å². The van der Waals surface area contributed by atoms with Crippen LogP contribution in [0.5, 0.6) is 0 Å². The molecule has 0 unspecified atom stereocenters. The van der Waals surface area contributed by atoms with Crippen molar-refractivity contribution in [1.82, 2.24) is 5.32 Å². The molecular weight excluding hydrogens is 279 g/mol. The monoisotopic (exact) mass is 291 g/mol. The van der Waals surface area contributed by atoms with Crippen LogP contribution in [-0.2, 0) is 0 Å². The lowest BCUT2D eigenvalue weighted by Crippen LogP contribution is -2.31. The van der Waals surface area contributed by atoms with Gasteiger partial charge in [-0.15, -0.1) is 11.3 Å². The van der Waals surface area contributed by atoms with E-state index in [1.165, 1.54) is 6.07 Å². The lowest BCUT2D eigenvalue weighted by atomic mass is 10.2. The third-order valence-electron chi connectivity index (χ3n) is 3.00. The van der Waals surface area contributed by atoms with E-state index >= 15 is 0 Å². The number of hydrogen-bond acceptors (Lipinski definition) is 3. The minimum Gasteiger partial charge on any atom is -0.349 e. The Hall–Kier alpha value is -1.37. The minimum atomic E-state index is -4.90. The topological polar surface area (TPSA) is 46.2 Å². The largest absolute Gasteiger partial charge is 0.455 e. The highest BCUT2D eigenvalue weighted by molar-refractivity contribution is 7.16. The number of thiophene rings is 1. The molecule has 104 valence electrons. The second kappa shape index (κ2) is 5.32. The zero-order valence-electron chi connectivity index (χ0n) is 9.92. The van der Waals surface area contributed by atoms with E-state index in [-0.39, 0.29) is 10.9 Å². The van der Waals surface area contributed by atoms with Gasteiger partial charge in [-0.2, -0.15) is 13.2 Å². The second-order valence-electron chi connectivity index (χ2n) is 4.45. The summed E-state index contributed by atoms with van der Waals surface area (Å²) in [6.45, 7) is 0. The number of amides is 1. The molecule has 0 aliphatic heterocycles. The van der Waals surface area contributed by atoms with Gasteiger partial charge in [-0.1, -0.05) is 12.8 Å². The maximum Gasteiger partial charge on any atom is 0.455 e. The maximum atomic E-state index is 12.2. The SMILES string of the molecule is O=C(NC1CCCC1)c1ccc(C(=O)C(F)(F)F)s1. The van der Waals surface area contributed by atoms with E-state index in [1.807, 2.05) is 0 Å². The molecule has 1 aromatic heterocycles. The molecular formula is C12H12F3NO2S. The van der Waals surface area contributed by atoms with E-state index in [9.17, 15) is 22.8 Å². The average molecular weight is 291 g/mol. The van der Waals surface area contributed by atoms with Gasteiger partial charge in [0.2, 0.25) is 0 Å². The normalized spacial score (nSPS) is 16.6. The predicted octanol–water partition coefficient (Wildman–Crippen LogP) is 3.17. The zero-order chi connectivity index (χ0) is 14.0. The lowest BCUT2D eigenvalue weighted by molar-refractivity contribution is -0.0882. The zero-order valence-corrected chi connectivity index (χ0v) is 10.7. The molecule has 0 bridgehead atoms. The highest BCUT2D eigenvalue weighted by Gasteiger charge is 2.40. The van der Waals surface area contributed by atoms with Gasteiger partial charge in [-0.05, 0) is 25.0 Å². The molecule has 1 heterocycles. The number of alkyl halides is 3. The molecule has 0 spiro atoms. The summed E-state index contributed by atoms with van der Waals surface area (Å²) < 4.78 is 36.7. The fourth-order valence-electron chi connectivity index (χ4n) is 2.05. The molecule has 1 saturated carbocycles. The van der Waals surface area contributed by atoms with Gasteiger partial charge in [-0.25, -0.2) is 0 Å². The molecule has 1 N–H and O–H groups in total. The van der Waals surface area contributed by atoms with Gasteiger partial charge < -0.3 is 5.32 Å². The Kier molecular flexibility index (Phi) is 3.93. The number of ketones is 1. The van der Waals surface area contributed by atoms with E-state index < -0.39 is 22.7 Å². The third-order valence-corrected chi connectivity index (χ3v) is 4.08. The number of carbonyl (C=O) groups is 2. The Balaban J connectivity index is 2.04. The molecule has 1 fully saturated rings. The molecule has 0 atom stereocenters. The van der Waals surface area contributed by atoms with Crippen molar-refractivity contribution in [3.8, 4) is 0 Å². The number of halogens is 3.